The number of aromatic nitrogens is 3. The van der Waals surface area contributed by atoms with Crippen LogP contribution in [0.15, 0.2) is 47.6 Å². The van der Waals surface area contributed by atoms with E-state index in [9.17, 15) is 13.2 Å². The Kier molecular flexibility index (Phi) is 7.83. The maximum Gasteiger partial charge on any atom is 0.281 e. The van der Waals surface area contributed by atoms with E-state index >= 15 is 0 Å². The van der Waals surface area contributed by atoms with E-state index < -0.39 is 15.9 Å². The van der Waals surface area contributed by atoms with Crippen LogP contribution in [-0.2, 0) is 10.0 Å². The third kappa shape index (κ3) is 5.98. The number of carbonyl (C=O) groups is 1. The average Bonchev–Trinajstić information content (AvgIpc) is 3.14. The monoisotopic (exact) mass is 552 g/mol. The third-order valence-corrected chi connectivity index (χ3v) is 8.42. The predicted molar refractivity (Wildman–Crippen MR) is 151 cm³/mol. The molecule has 1 fully saturated rings. The van der Waals surface area contributed by atoms with Gasteiger partial charge < -0.3 is 15.4 Å². The molecule has 39 heavy (non-hydrogen) atoms. The van der Waals surface area contributed by atoms with Crippen molar-refractivity contribution in [2.45, 2.75) is 58.5 Å². The lowest BCUT2D eigenvalue weighted by atomic mass is 9.90. The topological polar surface area (TPSA) is 140 Å². The number of anilines is 2. The molecule has 11 heteroatoms. The molecule has 3 aromatic heterocycles. The molecule has 4 rings (SSSR count). The molecule has 1 unspecified atom stereocenters. The van der Waals surface area contributed by atoms with Crippen molar-refractivity contribution in [1.29, 1.82) is 0 Å². The Balaban J connectivity index is 1.73. The Morgan fingerprint density at radius 1 is 1.23 bits per heavy atom. The van der Waals surface area contributed by atoms with Crippen molar-refractivity contribution in [2.24, 2.45) is 11.8 Å². The lowest BCUT2D eigenvalue weighted by Gasteiger charge is -2.36. The molecule has 208 valence electrons. The van der Waals surface area contributed by atoms with E-state index in [1.807, 2.05) is 13.0 Å². The van der Waals surface area contributed by atoms with Gasteiger partial charge in [-0.05, 0) is 69.4 Å². The van der Waals surface area contributed by atoms with Gasteiger partial charge in [-0.15, -0.1) is 0 Å². The molecule has 3 aromatic rings. The number of aryl methyl sites for hydroxylation is 1. The van der Waals surface area contributed by atoms with Gasteiger partial charge >= 0.3 is 0 Å². The first-order valence-electron chi connectivity index (χ1n) is 13.0. The molecule has 0 radical (unpaired) electrons. The molecule has 10 nitrogen and oxygen atoms in total. The molecule has 0 saturated carbocycles. The van der Waals surface area contributed by atoms with Crippen molar-refractivity contribution in [1.82, 2.24) is 19.7 Å². The van der Waals surface area contributed by atoms with Crippen molar-refractivity contribution in [3.05, 3.63) is 53.7 Å². The molecule has 1 aliphatic heterocycles. The van der Waals surface area contributed by atoms with Gasteiger partial charge in [0.25, 0.3) is 15.9 Å². The predicted octanol–water partition coefficient (Wildman–Crippen LogP) is 4.21. The molecule has 4 heterocycles. The fourth-order valence-electron chi connectivity index (χ4n) is 4.51. The van der Waals surface area contributed by atoms with E-state index in [0.717, 1.165) is 17.5 Å². The zero-order valence-corrected chi connectivity index (χ0v) is 24.0. The summed E-state index contributed by atoms with van der Waals surface area (Å²) in [5.41, 5.74) is 7.74. The van der Waals surface area contributed by atoms with Crippen LogP contribution in [0.25, 0.3) is 11.3 Å². The number of nitrogens with one attached hydrogen (secondary N) is 1. The Morgan fingerprint density at radius 2 is 1.97 bits per heavy atom. The largest absolute Gasteiger partial charge is 0.477 e. The van der Waals surface area contributed by atoms with Gasteiger partial charge in [-0.25, -0.2) is 19.7 Å². The molecule has 1 atom stereocenters. The Bertz CT molecular complexity index is 1490. The Hall–Kier alpha value is -3.73. The van der Waals surface area contributed by atoms with Crippen LogP contribution in [0.5, 0.6) is 5.88 Å². The minimum Gasteiger partial charge on any atom is -0.477 e. The number of nitrogens with two attached hydrogens (primary N) is 1. The summed E-state index contributed by atoms with van der Waals surface area (Å²) >= 11 is 0. The molecule has 0 bridgehead atoms. The summed E-state index contributed by atoms with van der Waals surface area (Å²) in [6.45, 7) is 13.7. The van der Waals surface area contributed by atoms with Gasteiger partial charge in [0.15, 0.2) is 5.03 Å². The van der Waals surface area contributed by atoms with Crippen LogP contribution in [0.3, 0.4) is 0 Å². The zero-order valence-electron chi connectivity index (χ0n) is 23.2. The number of rotatable bonds is 8. The van der Waals surface area contributed by atoms with Crippen LogP contribution < -0.4 is 20.1 Å². The fraction of sp³-hybridized carbons (Fsp3) is 0.429. The molecule has 1 saturated heterocycles. The lowest BCUT2D eigenvalue weighted by molar-refractivity contribution is 0.0981. The number of carbonyl (C=O) groups excluding carboxylic acids is 1. The minimum absolute atomic E-state index is 0.0364. The summed E-state index contributed by atoms with van der Waals surface area (Å²) < 4.78 is 33.8. The van der Waals surface area contributed by atoms with Gasteiger partial charge in [-0.3, -0.25) is 4.79 Å². The quantitative estimate of drug-likeness (QED) is 0.420. The molecule has 3 N–H and O–H groups in total. The van der Waals surface area contributed by atoms with Gasteiger partial charge in [0.2, 0.25) is 5.88 Å². The van der Waals surface area contributed by atoms with Crippen molar-refractivity contribution in [2.75, 3.05) is 23.8 Å². The fourth-order valence-corrected chi connectivity index (χ4v) is 5.45. The molecular formula is C28H36N6O4S. The number of hydrogen-bond donors (Lipinski definition) is 2. The van der Waals surface area contributed by atoms with E-state index in [-0.39, 0.29) is 21.9 Å². The van der Waals surface area contributed by atoms with E-state index in [0.29, 0.717) is 42.4 Å². The summed E-state index contributed by atoms with van der Waals surface area (Å²) in [5, 5.41) is -0.335. The summed E-state index contributed by atoms with van der Waals surface area (Å²) in [7, 11) is -4.26. The smallest absolute Gasteiger partial charge is 0.281 e. The average molecular weight is 553 g/mol. The van der Waals surface area contributed by atoms with Crippen LogP contribution >= 0.6 is 0 Å². The summed E-state index contributed by atoms with van der Waals surface area (Å²) in [5.74, 6) is 0.926. The number of nitrogens with zero attached hydrogens (tertiary/aromatic N) is 4. The summed E-state index contributed by atoms with van der Waals surface area (Å²) in [6, 6.07) is 9.46. The van der Waals surface area contributed by atoms with Crippen molar-refractivity contribution in [3.63, 3.8) is 0 Å². The van der Waals surface area contributed by atoms with E-state index in [2.05, 4.69) is 54.2 Å². The van der Waals surface area contributed by atoms with Gasteiger partial charge in [-0.1, -0.05) is 26.8 Å². The highest BCUT2D eigenvalue weighted by molar-refractivity contribution is 7.90. The van der Waals surface area contributed by atoms with Crippen molar-refractivity contribution in [3.8, 4) is 17.1 Å². The van der Waals surface area contributed by atoms with Crippen LogP contribution in [0, 0.1) is 18.8 Å². The van der Waals surface area contributed by atoms with Crippen LogP contribution in [0.4, 0.5) is 11.6 Å². The van der Waals surface area contributed by atoms with Crippen LogP contribution in [0.1, 0.15) is 57.0 Å². The second kappa shape index (κ2) is 10.8. The second-order valence-electron chi connectivity index (χ2n) is 10.9. The van der Waals surface area contributed by atoms with E-state index in [4.69, 9.17) is 15.5 Å². The van der Waals surface area contributed by atoms with Gasteiger partial charge in [-0.2, -0.15) is 8.42 Å². The maximum atomic E-state index is 13.4. The number of hydrogen-bond acceptors (Lipinski definition) is 9. The number of pyridine rings is 3. The standard InChI is InChI=1S/C28H36N6O4S/c1-17(2)16-38-27-18(3)14-20(15-30-27)22-11-10-21(25(31-22)34-13-12-19(4)28(34,5)6)26(35)33-39(36,37)24-9-7-8-23(29)32-24/h7-11,14-15,17,19H,12-13,16H2,1-6H3,(H2,29,32)(H,33,35). The SMILES string of the molecule is Cc1cc(-c2ccc(C(=O)NS(=O)(=O)c3cccc(N)n3)c(N3CCC(C)C3(C)C)n2)cnc1OCC(C)C. The molecule has 0 aromatic carbocycles. The van der Waals surface area contributed by atoms with Crippen molar-refractivity contribution < 1.29 is 17.9 Å². The van der Waals surface area contributed by atoms with Gasteiger partial charge in [0, 0.05) is 29.4 Å². The summed E-state index contributed by atoms with van der Waals surface area (Å²) in [6.07, 6.45) is 2.61. The molecule has 0 aliphatic carbocycles. The first-order chi connectivity index (χ1) is 18.3. The highest BCUT2D eigenvalue weighted by Crippen LogP contribution is 2.39. The first-order valence-corrected chi connectivity index (χ1v) is 14.5. The minimum atomic E-state index is -4.26. The zero-order chi connectivity index (χ0) is 28.5. The Morgan fingerprint density at radius 3 is 2.59 bits per heavy atom. The highest BCUT2D eigenvalue weighted by atomic mass is 32.2. The molecule has 0 spiro atoms. The van der Waals surface area contributed by atoms with Gasteiger partial charge in [0.05, 0.1) is 17.9 Å². The lowest BCUT2D eigenvalue weighted by Crippen LogP contribution is -2.43. The number of ether oxygens (including phenoxy) is 1. The second-order valence-corrected chi connectivity index (χ2v) is 12.6. The van der Waals surface area contributed by atoms with E-state index in [1.54, 1.807) is 18.3 Å². The van der Waals surface area contributed by atoms with E-state index in [1.165, 1.54) is 18.2 Å². The van der Waals surface area contributed by atoms with Crippen molar-refractivity contribution >= 4 is 27.6 Å². The Labute approximate surface area is 230 Å². The highest BCUT2D eigenvalue weighted by Gasteiger charge is 2.41. The normalized spacial score (nSPS) is 16.9. The first kappa shape index (κ1) is 28.3. The van der Waals surface area contributed by atoms with Crippen LogP contribution in [0.2, 0.25) is 0 Å². The van der Waals surface area contributed by atoms with Gasteiger partial charge in [0.1, 0.15) is 11.6 Å². The molecule has 1 amide bonds. The maximum absolute atomic E-state index is 13.4. The molecular weight excluding hydrogens is 516 g/mol. The van der Waals surface area contributed by atoms with Crippen LogP contribution in [-0.4, -0.2) is 48.0 Å². The molecule has 1 aliphatic rings. The number of amides is 1. The number of sulfonamides is 1. The number of nitrogen functional groups attached to an aromatic ring is 1. The summed E-state index contributed by atoms with van der Waals surface area (Å²) in [4.78, 5) is 28.7. The third-order valence-electron chi connectivity index (χ3n) is 7.19.